The van der Waals surface area contributed by atoms with E-state index in [9.17, 15) is 13.2 Å². The van der Waals surface area contributed by atoms with Gasteiger partial charge in [0.2, 0.25) is 15.9 Å². The molecule has 0 saturated heterocycles. The van der Waals surface area contributed by atoms with Crippen LogP contribution in [0.2, 0.25) is 5.02 Å². The number of benzene rings is 2. The maximum Gasteiger partial charge on any atom is 0.240 e. The fourth-order valence-corrected chi connectivity index (χ4v) is 4.81. The molecular formula is C19H21ClN2O3S. The summed E-state index contributed by atoms with van der Waals surface area (Å²) in [4.78, 5) is 14.4. The van der Waals surface area contributed by atoms with Gasteiger partial charge in [-0.15, -0.1) is 0 Å². The summed E-state index contributed by atoms with van der Waals surface area (Å²) in [6, 6.07) is 14.0. The number of sulfonamides is 1. The Hall–Kier alpha value is -1.89. The lowest BCUT2D eigenvalue weighted by molar-refractivity contribution is -0.133. The van der Waals surface area contributed by atoms with E-state index in [2.05, 4.69) is 10.8 Å². The third kappa shape index (κ3) is 4.44. The number of nitrogens with one attached hydrogen (secondary N) is 1. The van der Waals surface area contributed by atoms with Crippen LogP contribution >= 0.6 is 11.6 Å². The number of rotatable bonds is 5. The average molecular weight is 393 g/mol. The number of nitrogens with zero attached hydrogens (tertiary/aromatic N) is 1. The fraction of sp³-hybridized carbons (Fsp3) is 0.316. The van der Waals surface area contributed by atoms with Gasteiger partial charge in [-0.05, 0) is 36.1 Å². The molecule has 1 amide bonds. The van der Waals surface area contributed by atoms with Crippen LogP contribution in [0.4, 0.5) is 0 Å². The van der Waals surface area contributed by atoms with Crippen molar-refractivity contribution in [2.45, 2.75) is 31.7 Å². The van der Waals surface area contributed by atoms with Gasteiger partial charge in [-0.1, -0.05) is 54.1 Å². The molecule has 138 valence electrons. The lowest BCUT2D eigenvalue weighted by atomic mass is 9.99. The molecule has 1 aliphatic rings. The minimum Gasteiger partial charge on any atom is -0.337 e. The van der Waals surface area contributed by atoms with Crippen molar-refractivity contribution in [2.75, 3.05) is 6.54 Å². The average Bonchev–Trinajstić information content (AvgIpc) is 2.62. The number of carbonyl (C=O) groups excluding carboxylic acids is 1. The van der Waals surface area contributed by atoms with E-state index in [-0.39, 0.29) is 11.7 Å². The minimum absolute atomic E-state index is 0.220. The number of carbonyl (C=O) groups is 1. The van der Waals surface area contributed by atoms with Gasteiger partial charge in [0, 0.05) is 18.1 Å². The topological polar surface area (TPSA) is 66.5 Å². The summed E-state index contributed by atoms with van der Waals surface area (Å²) in [5.41, 5.74) is 2.86. The van der Waals surface area contributed by atoms with Gasteiger partial charge in [0.1, 0.15) is 0 Å². The van der Waals surface area contributed by atoms with Crippen LogP contribution in [-0.2, 0) is 33.5 Å². The predicted octanol–water partition coefficient (Wildman–Crippen LogP) is 2.73. The second-order valence-electron chi connectivity index (χ2n) is 6.47. The van der Waals surface area contributed by atoms with Crippen LogP contribution in [0.3, 0.4) is 0 Å². The van der Waals surface area contributed by atoms with Gasteiger partial charge < -0.3 is 4.90 Å². The van der Waals surface area contributed by atoms with Gasteiger partial charge in [0.05, 0.1) is 11.8 Å². The second-order valence-corrected chi connectivity index (χ2v) is 8.63. The van der Waals surface area contributed by atoms with Crippen LogP contribution < -0.4 is 4.72 Å². The molecule has 0 radical (unpaired) electrons. The summed E-state index contributed by atoms with van der Waals surface area (Å²) in [5.74, 6) is -0.477. The highest BCUT2D eigenvalue weighted by atomic mass is 35.5. The summed E-state index contributed by atoms with van der Waals surface area (Å²) in [6.07, 6.45) is 0.779. The smallest absolute Gasteiger partial charge is 0.240 e. The molecule has 5 nitrogen and oxygen atoms in total. The summed E-state index contributed by atoms with van der Waals surface area (Å²) >= 11 is 6.03. The van der Waals surface area contributed by atoms with Crippen molar-refractivity contribution < 1.29 is 13.2 Å². The van der Waals surface area contributed by atoms with E-state index in [4.69, 9.17) is 11.6 Å². The Morgan fingerprint density at radius 3 is 2.54 bits per heavy atom. The van der Waals surface area contributed by atoms with Gasteiger partial charge in [0.25, 0.3) is 0 Å². The third-order valence-electron chi connectivity index (χ3n) is 4.47. The second kappa shape index (κ2) is 7.78. The van der Waals surface area contributed by atoms with Gasteiger partial charge in [-0.3, -0.25) is 4.79 Å². The van der Waals surface area contributed by atoms with E-state index < -0.39 is 16.1 Å². The molecule has 0 spiro atoms. The molecule has 0 aromatic heterocycles. The quantitative estimate of drug-likeness (QED) is 0.850. The first-order chi connectivity index (χ1) is 12.4. The molecular weight excluding hydrogens is 372 g/mol. The van der Waals surface area contributed by atoms with Crippen molar-refractivity contribution in [3.05, 3.63) is 70.2 Å². The van der Waals surface area contributed by atoms with Crippen LogP contribution in [-0.4, -0.2) is 31.8 Å². The van der Waals surface area contributed by atoms with E-state index in [0.29, 0.717) is 23.7 Å². The summed E-state index contributed by atoms with van der Waals surface area (Å²) in [5, 5.41) is 0.393. The molecule has 1 atom stereocenters. The lowest BCUT2D eigenvalue weighted by Gasteiger charge is -2.31. The zero-order valence-electron chi connectivity index (χ0n) is 14.5. The highest BCUT2D eigenvalue weighted by Gasteiger charge is 2.27. The zero-order valence-corrected chi connectivity index (χ0v) is 16.1. The van der Waals surface area contributed by atoms with Gasteiger partial charge in [-0.2, -0.15) is 0 Å². The lowest BCUT2D eigenvalue weighted by Crippen LogP contribution is -2.48. The Bertz CT molecular complexity index is 915. The first-order valence-electron chi connectivity index (χ1n) is 8.45. The van der Waals surface area contributed by atoms with Crippen LogP contribution in [0.25, 0.3) is 0 Å². The molecule has 0 unspecified atom stereocenters. The SMILES string of the molecule is C[C@H](NS(=O)(=O)Cc1ccccc1Cl)C(=O)N1CCc2ccccc2C1. The van der Waals surface area contributed by atoms with Crippen molar-refractivity contribution in [2.24, 2.45) is 0 Å². The number of hydrogen-bond acceptors (Lipinski definition) is 3. The molecule has 1 aliphatic heterocycles. The summed E-state index contributed by atoms with van der Waals surface area (Å²) in [7, 11) is -3.68. The maximum atomic E-state index is 12.7. The van der Waals surface area contributed by atoms with E-state index in [1.807, 2.05) is 18.2 Å². The van der Waals surface area contributed by atoms with E-state index >= 15 is 0 Å². The molecule has 0 bridgehead atoms. The molecule has 3 rings (SSSR count). The normalized spacial score (nSPS) is 15.4. The Labute approximate surface area is 159 Å². The van der Waals surface area contributed by atoms with Crippen LogP contribution in [0.5, 0.6) is 0 Å². The highest BCUT2D eigenvalue weighted by molar-refractivity contribution is 7.88. The number of hydrogen-bond donors (Lipinski definition) is 1. The molecule has 0 aliphatic carbocycles. The molecule has 7 heteroatoms. The molecule has 1 N–H and O–H groups in total. The summed E-state index contributed by atoms with van der Waals surface area (Å²) in [6.45, 7) is 2.67. The standard InChI is InChI=1S/C19H21ClN2O3S/c1-14(21-26(24,25)13-17-8-4-5-9-18(17)20)19(23)22-11-10-15-6-2-3-7-16(15)12-22/h2-9,14,21H,10-13H2,1H3/t14-/m0/s1. The number of amides is 1. The Kier molecular flexibility index (Phi) is 5.65. The van der Waals surface area contributed by atoms with E-state index in [1.165, 1.54) is 5.56 Å². The summed E-state index contributed by atoms with van der Waals surface area (Å²) < 4.78 is 27.3. The van der Waals surface area contributed by atoms with Crippen LogP contribution in [0.1, 0.15) is 23.6 Å². The van der Waals surface area contributed by atoms with Crippen molar-refractivity contribution in [1.82, 2.24) is 9.62 Å². The van der Waals surface area contributed by atoms with Crippen molar-refractivity contribution >= 4 is 27.5 Å². The molecule has 2 aromatic rings. The van der Waals surface area contributed by atoms with E-state index in [0.717, 1.165) is 12.0 Å². The van der Waals surface area contributed by atoms with Crippen molar-refractivity contribution in [3.63, 3.8) is 0 Å². The molecule has 0 fully saturated rings. The monoisotopic (exact) mass is 392 g/mol. The molecule has 26 heavy (non-hydrogen) atoms. The minimum atomic E-state index is -3.68. The Morgan fingerprint density at radius 1 is 1.15 bits per heavy atom. The van der Waals surface area contributed by atoms with Gasteiger partial charge in [-0.25, -0.2) is 13.1 Å². The van der Waals surface area contributed by atoms with Crippen molar-refractivity contribution in [1.29, 1.82) is 0 Å². The third-order valence-corrected chi connectivity index (χ3v) is 6.24. The number of halogens is 1. The first kappa shape index (κ1) is 18.9. The Balaban J connectivity index is 1.65. The largest absolute Gasteiger partial charge is 0.337 e. The first-order valence-corrected chi connectivity index (χ1v) is 10.5. The Morgan fingerprint density at radius 2 is 1.81 bits per heavy atom. The highest BCUT2D eigenvalue weighted by Crippen LogP contribution is 2.20. The van der Waals surface area contributed by atoms with E-state index in [1.54, 1.807) is 36.1 Å². The maximum absolute atomic E-state index is 12.7. The van der Waals surface area contributed by atoms with Gasteiger partial charge in [0.15, 0.2) is 0 Å². The number of fused-ring (bicyclic) bond motifs is 1. The molecule has 2 aromatic carbocycles. The van der Waals surface area contributed by atoms with Crippen LogP contribution in [0.15, 0.2) is 48.5 Å². The fourth-order valence-electron chi connectivity index (χ4n) is 3.14. The van der Waals surface area contributed by atoms with Gasteiger partial charge >= 0.3 is 0 Å². The van der Waals surface area contributed by atoms with Crippen molar-refractivity contribution in [3.8, 4) is 0 Å². The predicted molar refractivity (Wildman–Crippen MR) is 102 cm³/mol. The zero-order chi connectivity index (χ0) is 18.7. The van der Waals surface area contributed by atoms with Crippen LogP contribution in [0, 0.1) is 0 Å². The molecule has 0 saturated carbocycles. The molecule has 1 heterocycles.